The van der Waals surface area contributed by atoms with Gasteiger partial charge in [-0.1, -0.05) is 240 Å². The number of hydrogen-bond donors (Lipinski definition) is 2. The Hall–Kier alpha value is -2.32. The summed E-state index contributed by atoms with van der Waals surface area (Å²) in [4.78, 5) is 25.5. The van der Waals surface area contributed by atoms with Crippen molar-refractivity contribution in [2.45, 2.75) is 244 Å². The molecule has 2 N–H and O–H groups in total. The van der Waals surface area contributed by atoms with Gasteiger partial charge < -0.3 is 28.8 Å². The Balaban J connectivity index is 4.10. The molecule has 0 heterocycles. The van der Waals surface area contributed by atoms with Gasteiger partial charge in [-0.05, 0) is 70.6 Å². The van der Waals surface area contributed by atoms with Gasteiger partial charge in [0.2, 0.25) is 5.91 Å². The molecule has 3 atom stereocenters. The van der Waals surface area contributed by atoms with E-state index in [2.05, 4.69) is 104 Å². The highest BCUT2D eigenvalue weighted by molar-refractivity contribution is 7.45. The number of hydrogen-bond acceptors (Lipinski definition) is 6. The smallest absolute Gasteiger partial charge is 0.268 e. The summed E-state index contributed by atoms with van der Waals surface area (Å²) in [5.74, 6) is -0.171. The number of quaternary nitrogens is 1. The molecule has 0 spiro atoms. The Morgan fingerprint density at radius 1 is 0.529 bits per heavy atom. The van der Waals surface area contributed by atoms with Gasteiger partial charge in [0.15, 0.2) is 0 Å². The zero-order valence-electron chi connectivity index (χ0n) is 44.8. The average molecular weight is 971 g/mol. The van der Waals surface area contributed by atoms with Crippen molar-refractivity contribution in [3.8, 4) is 0 Å². The second-order valence-electron chi connectivity index (χ2n) is 19.9. The summed E-state index contributed by atoms with van der Waals surface area (Å²) in [5, 5.41) is 14.0. The first kappa shape index (κ1) is 65.7. The summed E-state index contributed by atoms with van der Waals surface area (Å²) < 4.78 is 23.4. The molecule has 0 aliphatic carbocycles. The van der Waals surface area contributed by atoms with Gasteiger partial charge in [0, 0.05) is 6.42 Å². The lowest BCUT2D eigenvalue weighted by Crippen LogP contribution is -2.46. The number of rotatable bonds is 50. The Labute approximate surface area is 420 Å². The van der Waals surface area contributed by atoms with Crippen molar-refractivity contribution in [3.05, 3.63) is 85.1 Å². The zero-order chi connectivity index (χ0) is 49.9. The van der Waals surface area contributed by atoms with E-state index in [-0.39, 0.29) is 19.1 Å². The van der Waals surface area contributed by atoms with Crippen LogP contribution in [-0.4, -0.2) is 68.5 Å². The number of amides is 1. The van der Waals surface area contributed by atoms with E-state index in [9.17, 15) is 19.4 Å². The number of nitrogens with zero attached hydrogens (tertiary/aromatic N) is 1. The zero-order valence-corrected chi connectivity index (χ0v) is 45.7. The molecule has 0 bridgehead atoms. The molecule has 3 unspecified atom stereocenters. The summed E-state index contributed by atoms with van der Waals surface area (Å²) in [6.45, 7) is 4.60. The van der Waals surface area contributed by atoms with Gasteiger partial charge in [-0.3, -0.25) is 9.36 Å². The molecule has 0 saturated carbocycles. The summed E-state index contributed by atoms with van der Waals surface area (Å²) in [6.07, 6.45) is 68.9. The van der Waals surface area contributed by atoms with Crippen LogP contribution in [0, 0.1) is 0 Å². The highest BCUT2D eigenvalue weighted by Crippen LogP contribution is 2.38. The van der Waals surface area contributed by atoms with Gasteiger partial charge in [0.05, 0.1) is 39.9 Å². The van der Waals surface area contributed by atoms with Crippen molar-refractivity contribution < 1.29 is 32.9 Å². The van der Waals surface area contributed by atoms with E-state index in [1.165, 1.54) is 122 Å². The molecule has 0 aliphatic heterocycles. The monoisotopic (exact) mass is 971 g/mol. The van der Waals surface area contributed by atoms with Crippen molar-refractivity contribution in [3.63, 3.8) is 0 Å². The van der Waals surface area contributed by atoms with Gasteiger partial charge in [0.1, 0.15) is 13.2 Å². The Bertz CT molecular complexity index is 1380. The highest BCUT2D eigenvalue weighted by Gasteiger charge is 2.24. The minimum atomic E-state index is -4.57. The van der Waals surface area contributed by atoms with Crippen molar-refractivity contribution in [2.24, 2.45) is 0 Å². The number of carbonyl (C=O) groups is 1. The van der Waals surface area contributed by atoms with Crippen LogP contribution in [0.25, 0.3) is 0 Å². The van der Waals surface area contributed by atoms with Crippen LogP contribution in [0.5, 0.6) is 0 Å². The molecule has 1 amide bonds. The largest absolute Gasteiger partial charge is 0.756 e. The van der Waals surface area contributed by atoms with Crippen molar-refractivity contribution >= 4 is 13.7 Å². The number of nitrogens with one attached hydrogen (secondary N) is 1. The van der Waals surface area contributed by atoms with Gasteiger partial charge in [-0.25, -0.2) is 0 Å². The summed E-state index contributed by atoms with van der Waals surface area (Å²) in [5.41, 5.74) is 0. The first-order valence-corrected chi connectivity index (χ1v) is 29.4. The van der Waals surface area contributed by atoms with E-state index in [4.69, 9.17) is 9.05 Å². The molecular formula is C59H107N2O6P. The topological polar surface area (TPSA) is 108 Å². The lowest BCUT2D eigenvalue weighted by atomic mass is 10.0. The number of phosphoric acid groups is 1. The average Bonchev–Trinajstić information content (AvgIpc) is 3.30. The quantitative estimate of drug-likeness (QED) is 0.0272. The molecule has 394 valence electrons. The molecule has 0 fully saturated rings. The summed E-state index contributed by atoms with van der Waals surface area (Å²) in [6, 6.07) is -0.806. The third kappa shape index (κ3) is 51.5. The molecule has 9 heteroatoms. The first-order chi connectivity index (χ1) is 33.0. The lowest BCUT2D eigenvalue weighted by Gasteiger charge is -2.30. The number of unbranched alkanes of at least 4 members (excludes halogenated alkanes) is 23. The number of aliphatic hydroxyl groups is 1. The minimum Gasteiger partial charge on any atom is -0.756 e. The highest BCUT2D eigenvalue weighted by atomic mass is 31.2. The van der Waals surface area contributed by atoms with E-state index >= 15 is 0 Å². The number of phosphoric ester groups is 1. The SMILES string of the molecule is CC/C=C\C/C=C\C/C=C\C/C=C\C/C=C\C/C=C\C/C=C\CCCCCCCCCCCCCC(=O)NC(COP(=O)([O-])OCC[N+](C)(C)C)C(O)CCCCCCCCCCCCCCC. The fourth-order valence-electron chi connectivity index (χ4n) is 7.79. The van der Waals surface area contributed by atoms with Gasteiger partial charge >= 0.3 is 0 Å². The fraction of sp³-hybridized carbons (Fsp3) is 0.746. The minimum absolute atomic E-state index is 0.00849. The Morgan fingerprint density at radius 3 is 1.31 bits per heavy atom. The van der Waals surface area contributed by atoms with E-state index in [1.54, 1.807) is 0 Å². The number of carbonyl (C=O) groups excluding carboxylic acids is 1. The maximum atomic E-state index is 13.0. The maximum absolute atomic E-state index is 13.0. The van der Waals surface area contributed by atoms with Crippen LogP contribution in [0.4, 0.5) is 0 Å². The Morgan fingerprint density at radius 2 is 0.897 bits per heavy atom. The van der Waals surface area contributed by atoms with Crippen molar-refractivity contribution in [1.29, 1.82) is 0 Å². The lowest BCUT2D eigenvalue weighted by molar-refractivity contribution is -0.870. The van der Waals surface area contributed by atoms with E-state index in [0.29, 0.717) is 23.9 Å². The van der Waals surface area contributed by atoms with Crippen molar-refractivity contribution in [2.75, 3.05) is 40.9 Å². The van der Waals surface area contributed by atoms with Crippen LogP contribution in [-0.2, 0) is 18.4 Å². The van der Waals surface area contributed by atoms with Crippen molar-refractivity contribution in [1.82, 2.24) is 5.32 Å². The summed E-state index contributed by atoms with van der Waals surface area (Å²) >= 11 is 0. The Kier molecular flexibility index (Phi) is 48.0. The second-order valence-corrected chi connectivity index (χ2v) is 21.3. The molecule has 68 heavy (non-hydrogen) atoms. The number of aliphatic hydroxyl groups excluding tert-OH is 1. The molecule has 0 aromatic rings. The van der Waals surface area contributed by atoms with Crippen LogP contribution in [0.2, 0.25) is 0 Å². The third-order valence-electron chi connectivity index (χ3n) is 12.1. The van der Waals surface area contributed by atoms with E-state index in [1.807, 2.05) is 21.1 Å². The van der Waals surface area contributed by atoms with Crippen LogP contribution < -0.4 is 10.2 Å². The molecule has 8 nitrogen and oxygen atoms in total. The van der Waals surface area contributed by atoms with E-state index < -0.39 is 20.0 Å². The standard InChI is InChI=1S/C59H107N2O6P/c1-6-8-10-12-14-16-18-20-21-22-23-24-25-26-27-28-29-30-31-32-33-34-35-36-37-38-39-41-43-45-47-49-51-53-59(63)60-57(56-67-68(64,65)66-55-54-61(3,4)5)58(62)52-50-48-46-44-42-40-19-17-15-13-11-9-7-2/h8,10,14,16,20-21,23-24,26-27,29-30,32-33,57-58,62H,6-7,9,11-13,15,17-19,22,25,28,31,34-56H2,1-5H3,(H-,60,63,64,65)/b10-8-,16-14-,21-20-,24-23-,27-26-,30-29-,33-32-. The fourth-order valence-corrected chi connectivity index (χ4v) is 8.51. The van der Waals surface area contributed by atoms with Gasteiger partial charge in [-0.15, -0.1) is 0 Å². The van der Waals surface area contributed by atoms with Crippen LogP contribution in [0.15, 0.2) is 85.1 Å². The molecule has 0 saturated heterocycles. The van der Waals surface area contributed by atoms with Crippen LogP contribution in [0.1, 0.15) is 232 Å². The van der Waals surface area contributed by atoms with Gasteiger partial charge in [0.25, 0.3) is 7.82 Å². The molecular weight excluding hydrogens is 864 g/mol. The van der Waals surface area contributed by atoms with Gasteiger partial charge in [-0.2, -0.15) is 0 Å². The molecule has 0 aliphatic rings. The first-order valence-electron chi connectivity index (χ1n) is 27.9. The maximum Gasteiger partial charge on any atom is 0.268 e. The summed E-state index contributed by atoms with van der Waals surface area (Å²) in [7, 11) is 1.30. The molecule has 0 aromatic heterocycles. The normalized spacial score (nSPS) is 14.6. The second kappa shape index (κ2) is 49.7. The predicted octanol–water partition coefficient (Wildman–Crippen LogP) is 16.2. The van der Waals surface area contributed by atoms with Crippen LogP contribution in [0.3, 0.4) is 0 Å². The van der Waals surface area contributed by atoms with E-state index in [0.717, 1.165) is 83.5 Å². The number of allylic oxidation sites excluding steroid dienone is 14. The van der Waals surface area contributed by atoms with Crippen LogP contribution >= 0.6 is 7.82 Å². The number of likely N-dealkylation sites (N-methyl/N-ethyl adjacent to an activating group) is 1. The predicted molar refractivity (Wildman–Crippen MR) is 293 cm³/mol. The molecule has 0 rings (SSSR count). The molecule has 0 aromatic carbocycles. The molecule has 0 radical (unpaired) electrons. The third-order valence-corrected chi connectivity index (χ3v) is 13.1.